The minimum atomic E-state index is -0.556. The maximum atomic E-state index is 11.5. The summed E-state index contributed by atoms with van der Waals surface area (Å²) in [6.45, 7) is -0.462. The Morgan fingerprint density at radius 3 is 2.64 bits per heavy atom. The van der Waals surface area contributed by atoms with Gasteiger partial charge < -0.3 is 30.0 Å². The maximum absolute atomic E-state index is 11.5. The number of rotatable bonds is 9. The standard InChI is InChI=1S/C14H20N2O6/c1-19-11-4-3-10(12(5-11)20-2)7-22-14(18)8-21-9-16-13(17)6-15/h3-5H,6-9,15H2,1-2H3,(H,16,17). The van der Waals surface area contributed by atoms with Crippen molar-refractivity contribution in [3.05, 3.63) is 23.8 Å². The predicted molar refractivity (Wildman–Crippen MR) is 77.4 cm³/mol. The van der Waals surface area contributed by atoms with Crippen molar-refractivity contribution in [3.8, 4) is 11.5 Å². The summed E-state index contributed by atoms with van der Waals surface area (Å²) >= 11 is 0. The van der Waals surface area contributed by atoms with Gasteiger partial charge in [-0.1, -0.05) is 0 Å². The van der Waals surface area contributed by atoms with Crippen molar-refractivity contribution in [1.82, 2.24) is 5.32 Å². The highest BCUT2D eigenvalue weighted by Gasteiger charge is 2.09. The molecular weight excluding hydrogens is 292 g/mol. The van der Waals surface area contributed by atoms with Gasteiger partial charge in [-0.15, -0.1) is 0 Å². The van der Waals surface area contributed by atoms with Crippen molar-refractivity contribution in [3.63, 3.8) is 0 Å². The van der Waals surface area contributed by atoms with E-state index < -0.39 is 5.97 Å². The molecule has 0 aliphatic heterocycles. The van der Waals surface area contributed by atoms with E-state index in [4.69, 9.17) is 24.7 Å². The number of nitrogens with two attached hydrogens (primary N) is 1. The van der Waals surface area contributed by atoms with E-state index in [0.717, 1.165) is 0 Å². The molecule has 1 rings (SSSR count). The SMILES string of the molecule is COc1ccc(COC(=O)COCNC(=O)CN)c(OC)c1. The third-order valence-electron chi connectivity index (χ3n) is 2.66. The van der Waals surface area contributed by atoms with Crippen LogP contribution in [-0.2, 0) is 25.7 Å². The van der Waals surface area contributed by atoms with Crippen molar-refractivity contribution >= 4 is 11.9 Å². The van der Waals surface area contributed by atoms with Crippen LogP contribution in [0.3, 0.4) is 0 Å². The third kappa shape index (κ3) is 5.98. The molecule has 0 aliphatic rings. The van der Waals surface area contributed by atoms with Gasteiger partial charge in [-0.3, -0.25) is 4.79 Å². The van der Waals surface area contributed by atoms with Crippen LogP contribution in [0.1, 0.15) is 5.56 Å². The van der Waals surface area contributed by atoms with Crippen molar-refractivity contribution in [2.45, 2.75) is 6.61 Å². The van der Waals surface area contributed by atoms with Crippen molar-refractivity contribution in [1.29, 1.82) is 0 Å². The van der Waals surface area contributed by atoms with E-state index in [2.05, 4.69) is 5.32 Å². The monoisotopic (exact) mass is 312 g/mol. The summed E-state index contributed by atoms with van der Waals surface area (Å²) in [5.41, 5.74) is 5.80. The van der Waals surface area contributed by atoms with Crippen LogP contribution in [0, 0.1) is 0 Å². The Morgan fingerprint density at radius 1 is 1.23 bits per heavy atom. The Kier molecular flexibility index (Phi) is 7.73. The fraction of sp³-hybridized carbons (Fsp3) is 0.429. The summed E-state index contributed by atoms with van der Waals surface area (Å²) in [5.74, 6) is 0.283. The van der Waals surface area contributed by atoms with Gasteiger partial charge in [-0.2, -0.15) is 0 Å². The zero-order chi connectivity index (χ0) is 16.4. The number of hydrogen-bond donors (Lipinski definition) is 2. The van der Waals surface area contributed by atoms with E-state index in [1.165, 1.54) is 7.11 Å². The van der Waals surface area contributed by atoms with Gasteiger partial charge in [0.05, 0.1) is 20.8 Å². The van der Waals surface area contributed by atoms with E-state index in [9.17, 15) is 9.59 Å². The number of amides is 1. The molecule has 0 heterocycles. The quantitative estimate of drug-likeness (QED) is 0.369. The fourth-order valence-electron chi connectivity index (χ4n) is 1.51. The van der Waals surface area contributed by atoms with Gasteiger partial charge in [-0.25, -0.2) is 4.79 Å². The average Bonchev–Trinajstić information content (AvgIpc) is 2.56. The van der Waals surface area contributed by atoms with Crippen LogP contribution in [0.5, 0.6) is 11.5 Å². The van der Waals surface area contributed by atoms with Crippen LogP contribution in [0.25, 0.3) is 0 Å². The van der Waals surface area contributed by atoms with E-state index in [1.807, 2.05) is 0 Å². The molecule has 0 radical (unpaired) electrons. The summed E-state index contributed by atoms with van der Waals surface area (Å²) < 4.78 is 20.3. The molecule has 3 N–H and O–H groups in total. The summed E-state index contributed by atoms with van der Waals surface area (Å²) in [7, 11) is 3.07. The molecule has 122 valence electrons. The van der Waals surface area contributed by atoms with Gasteiger partial charge >= 0.3 is 5.97 Å². The second-order valence-electron chi connectivity index (χ2n) is 4.14. The number of nitrogens with one attached hydrogen (secondary N) is 1. The lowest BCUT2D eigenvalue weighted by molar-refractivity contribution is -0.151. The minimum absolute atomic E-state index is 0.0462. The predicted octanol–water partition coefficient (Wildman–Crippen LogP) is -0.204. The molecule has 0 aliphatic carbocycles. The Hall–Kier alpha value is -2.32. The van der Waals surface area contributed by atoms with Gasteiger partial charge in [0.25, 0.3) is 0 Å². The first-order valence-corrected chi connectivity index (χ1v) is 6.51. The topological polar surface area (TPSA) is 109 Å². The molecule has 0 fully saturated rings. The molecule has 1 amide bonds. The number of benzene rings is 1. The zero-order valence-electron chi connectivity index (χ0n) is 12.6. The van der Waals surface area contributed by atoms with Crippen molar-refractivity contribution < 1.29 is 28.5 Å². The van der Waals surface area contributed by atoms with Crippen LogP contribution in [0.4, 0.5) is 0 Å². The van der Waals surface area contributed by atoms with E-state index >= 15 is 0 Å². The van der Waals surface area contributed by atoms with E-state index in [1.54, 1.807) is 25.3 Å². The second-order valence-corrected chi connectivity index (χ2v) is 4.14. The number of carbonyl (C=O) groups excluding carboxylic acids is 2. The van der Waals surface area contributed by atoms with Gasteiger partial charge in [0, 0.05) is 11.6 Å². The summed E-state index contributed by atoms with van der Waals surface area (Å²) in [5, 5.41) is 2.36. The molecule has 0 spiro atoms. The Balaban J connectivity index is 2.36. The van der Waals surface area contributed by atoms with Gasteiger partial charge in [0.15, 0.2) is 0 Å². The molecule has 0 atom stereocenters. The van der Waals surface area contributed by atoms with Crippen LogP contribution in [-0.4, -0.2) is 46.0 Å². The smallest absolute Gasteiger partial charge is 0.332 e. The zero-order valence-corrected chi connectivity index (χ0v) is 12.6. The molecule has 8 heteroatoms. The lowest BCUT2D eigenvalue weighted by Crippen LogP contribution is -2.32. The molecule has 0 saturated carbocycles. The molecule has 22 heavy (non-hydrogen) atoms. The first-order valence-electron chi connectivity index (χ1n) is 6.51. The summed E-state index contributed by atoms with van der Waals surface area (Å²) in [6, 6.07) is 5.18. The number of carbonyl (C=O) groups is 2. The highest BCUT2D eigenvalue weighted by molar-refractivity contribution is 5.77. The highest BCUT2D eigenvalue weighted by atomic mass is 16.6. The Morgan fingerprint density at radius 2 is 2.00 bits per heavy atom. The molecule has 0 aromatic heterocycles. The van der Waals surface area contributed by atoms with Crippen LogP contribution < -0.4 is 20.5 Å². The maximum Gasteiger partial charge on any atom is 0.332 e. The van der Waals surface area contributed by atoms with Gasteiger partial charge in [0.1, 0.15) is 31.4 Å². The first kappa shape index (κ1) is 17.7. The van der Waals surface area contributed by atoms with Crippen molar-refractivity contribution in [2.75, 3.05) is 34.1 Å². The molecule has 8 nitrogen and oxygen atoms in total. The number of esters is 1. The van der Waals surface area contributed by atoms with Crippen LogP contribution >= 0.6 is 0 Å². The highest BCUT2D eigenvalue weighted by Crippen LogP contribution is 2.25. The Bertz CT molecular complexity index is 506. The molecule has 0 bridgehead atoms. The number of methoxy groups -OCH3 is 2. The molecule has 0 unspecified atom stereocenters. The number of ether oxygens (including phenoxy) is 4. The fourth-order valence-corrected chi connectivity index (χ4v) is 1.51. The largest absolute Gasteiger partial charge is 0.497 e. The van der Waals surface area contributed by atoms with Crippen molar-refractivity contribution in [2.24, 2.45) is 5.73 Å². The molecule has 1 aromatic rings. The van der Waals surface area contributed by atoms with Crippen LogP contribution in [0.2, 0.25) is 0 Å². The minimum Gasteiger partial charge on any atom is -0.497 e. The van der Waals surface area contributed by atoms with E-state index in [-0.39, 0.29) is 32.4 Å². The lowest BCUT2D eigenvalue weighted by Gasteiger charge is -2.11. The average molecular weight is 312 g/mol. The molecular formula is C14H20N2O6. The number of hydrogen-bond acceptors (Lipinski definition) is 7. The summed E-state index contributed by atoms with van der Waals surface area (Å²) in [4.78, 5) is 22.3. The normalized spacial score (nSPS) is 9.95. The lowest BCUT2D eigenvalue weighted by atomic mass is 10.2. The molecule has 0 saturated heterocycles. The molecule has 1 aromatic carbocycles. The third-order valence-corrected chi connectivity index (χ3v) is 2.66. The first-order chi connectivity index (χ1) is 10.6. The second kappa shape index (κ2) is 9.59. The van der Waals surface area contributed by atoms with Gasteiger partial charge in [-0.05, 0) is 12.1 Å². The van der Waals surface area contributed by atoms with Crippen LogP contribution in [0.15, 0.2) is 18.2 Å². The van der Waals surface area contributed by atoms with E-state index in [0.29, 0.717) is 17.1 Å². The summed E-state index contributed by atoms with van der Waals surface area (Å²) in [6.07, 6.45) is 0. The Labute approximate surface area is 128 Å². The van der Waals surface area contributed by atoms with Gasteiger partial charge in [0.2, 0.25) is 5.91 Å².